The second-order valence-corrected chi connectivity index (χ2v) is 6.20. The Hall–Kier alpha value is -1.03. The number of hydrogen-bond donors (Lipinski definition) is 1. The van der Waals surface area contributed by atoms with Gasteiger partial charge >= 0.3 is 0 Å². The maximum absolute atomic E-state index is 11.3. The lowest BCUT2D eigenvalue weighted by Crippen LogP contribution is -2.37. The molecule has 1 heterocycles. The molecule has 4 heteroatoms. The fourth-order valence-electron chi connectivity index (χ4n) is 2.68. The average Bonchev–Trinajstić information content (AvgIpc) is 2.38. The molecule has 1 amide bonds. The van der Waals surface area contributed by atoms with Crippen LogP contribution in [0.25, 0.3) is 0 Å². The molecule has 1 fully saturated rings. The van der Waals surface area contributed by atoms with E-state index in [9.17, 15) is 4.79 Å². The van der Waals surface area contributed by atoms with Crippen molar-refractivity contribution in [1.82, 2.24) is 0 Å². The summed E-state index contributed by atoms with van der Waals surface area (Å²) in [6.45, 7) is 0.781. The first-order valence-corrected chi connectivity index (χ1v) is 7.95. The van der Waals surface area contributed by atoms with E-state index in [0.717, 1.165) is 29.8 Å². The summed E-state index contributed by atoms with van der Waals surface area (Å²) >= 11 is 3.60. The number of anilines is 1. The Morgan fingerprint density at radius 2 is 2.16 bits per heavy atom. The summed E-state index contributed by atoms with van der Waals surface area (Å²) in [6, 6.07) is 5.96. The molecule has 0 spiro atoms. The van der Waals surface area contributed by atoms with Crippen molar-refractivity contribution in [2.24, 2.45) is 5.41 Å². The molecule has 1 aromatic rings. The van der Waals surface area contributed by atoms with E-state index in [0.29, 0.717) is 11.8 Å². The minimum absolute atomic E-state index is 0.105. The molecule has 1 aliphatic carbocycles. The lowest BCUT2D eigenvalue weighted by atomic mass is 9.71. The van der Waals surface area contributed by atoms with Gasteiger partial charge in [0.1, 0.15) is 5.75 Å². The first-order valence-electron chi connectivity index (χ1n) is 6.82. The van der Waals surface area contributed by atoms with E-state index in [1.54, 1.807) is 0 Å². The smallest absolute Gasteiger partial charge is 0.224 e. The highest BCUT2D eigenvalue weighted by Gasteiger charge is 2.36. The number of carbonyl (C=O) groups is 1. The molecule has 0 atom stereocenters. The maximum Gasteiger partial charge on any atom is 0.224 e. The van der Waals surface area contributed by atoms with Crippen LogP contribution in [0.5, 0.6) is 5.75 Å². The molecule has 2 aliphatic rings. The van der Waals surface area contributed by atoms with Gasteiger partial charge in [-0.15, -0.1) is 0 Å². The number of hydrogen-bond acceptors (Lipinski definition) is 2. The molecule has 0 bridgehead atoms. The summed E-state index contributed by atoms with van der Waals surface area (Å²) in [7, 11) is 0. The normalized spacial score (nSPS) is 20.2. The van der Waals surface area contributed by atoms with Gasteiger partial charge in [0.25, 0.3) is 0 Å². The van der Waals surface area contributed by atoms with Crippen molar-refractivity contribution in [2.75, 3.05) is 17.3 Å². The molecule has 0 aromatic heterocycles. The van der Waals surface area contributed by atoms with Crippen LogP contribution in [-0.4, -0.2) is 17.8 Å². The number of ether oxygens (including phenoxy) is 1. The molecule has 1 saturated carbocycles. The fraction of sp³-hybridized carbons (Fsp3) is 0.533. The van der Waals surface area contributed by atoms with Crippen molar-refractivity contribution < 1.29 is 9.53 Å². The zero-order valence-electron chi connectivity index (χ0n) is 10.9. The van der Waals surface area contributed by atoms with E-state index >= 15 is 0 Å². The third-order valence-electron chi connectivity index (χ3n) is 4.21. The van der Waals surface area contributed by atoms with Gasteiger partial charge in [-0.25, -0.2) is 0 Å². The number of carbonyl (C=O) groups excluding carboxylic acids is 1. The second-order valence-electron chi connectivity index (χ2n) is 5.64. The van der Waals surface area contributed by atoms with Crippen LogP contribution < -0.4 is 10.1 Å². The number of amides is 1. The number of rotatable bonds is 4. The molecule has 1 N–H and O–H groups in total. The van der Waals surface area contributed by atoms with Crippen molar-refractivity contribution in [1.29, 1.82) is 0 Å². The van der Waals surface area contributed by atoms with Gasteiger partial charge in [-0.1, -0.05) is 22.4 Å². The van der Waals surface area contributed by atoms with Crippen LogP contribution in [-0.2, 0) is 11.2 Å². The first kappa shape index (κ1) is 13.0. The number of nitrogens with one attached hydrogen (secondary N) is 1. The topological polar surface area (TPSA) is 38.3 Å². The van der Waals surface area contributed by atoms with E-state index in [1.165, 1.54) is 24.8 Å². The van der Waals surface area contributed by atoms with Crippen LogP contribution in [0.3, 0.4) is 0 Å². The van der Waals surface area contributed by atoms with Crippen molar-refractivity contribution in [3.8, 4) is 5.75 Å². The van der Waals surface area contributed by atoms with Crippen LogP contribution in [0.4, 0.5) is 5.69 Å². The van der Waals surface area contributed by atoms with Crippen molar-refractivity contribution in [2.45, 2.75) is 32.1 Å². The summed E-state index contributed by atoms with van der Waals surface area (Å²) < 4.78 is 5.95. The Morgan fingerprint density at radius 3 is 2.84 bits per heavy atom. The second kappa shape index (κ2) is 5.16. The quantitative estimate of drug-likeness (QED) is 0.861. The highest BCUT2D eigenvalue weighted by atomic mass is 79.9. The van der Waals surface area contributed by atoms with Crippen molar-refractivity contribution in [3.63, 3.8) is 0 Å². The van der Waals surface area contributed by atoms with Crippen LogP contribution in [0.15, 0.2) is 18.2 Å². The molecule has 1 aliphatic heterocycles. The van der Waals surface area contributed by atoms with Crippen LogP contribution >= 0.6 is 15.9 Å². The average molecular weight is 324 g/mol. The predicted octanol–water partition coefficient (Wildman–Crippen LogP) is 3.52. The van der Waals surface area contributed by atoms with E-state index in [4.69, 9.17) is 4.74 Å². The Balaban J connectivity index is 1.67. The number of halogens is 1. The van der Waals surface area contributed by atoms with Crippen molar-refractivity contribution >= 4 is 27.5 Å². The molecule has 1 aromatic carbocycles. The van der Waals surface area contributed by atoms with Gasteiger partial charge in [0, 0.05) is 22.9 Å². The molecular formula is C15H18BrNO2. The van der Waals surface area contributed by atoms with E-state index in [-0.39, 0.29) is 5.91 Å². The molecular weight excluding hydrogens is 306 g/mol. The Morgan fingerprint density at radius 1 is 1.32 bits per heavy atom. The lowest BCUT2D eigenvalue weighted by Gasteiger charge is -2.40. The van der Waals surface area contributed by atoms with Crippen LogP contribution in [0.1, 0.15) is 31.2 Å². The van der Waals surface area contributed by atoms with Crippen molar-refractivity contribution in [3.05, 3.63) is 23.8 Å². The summed E-state index contributed by atoms with van der Waals surface area (Å²) in [4.78, 5) is 11.3. The van der Waals surface area contributed by atoms with Gasteiger partial charge in [-0.2, -0.15) is 0 Å². The van der Waals surface area contributed by atoms with Gasteiger partial charge in [-0.3, -0.25) is 4.79 Å². The van der Waals surface area contributed by atoms with E-state index < -0.39 is 0 Å². The summed E-state index contributed by atoms with van der Waals surface area (Å²) in [5, 5.41) is 3.91. The third kappa shape index (κ3) is 2.64. The predicted molar refractivity (Wildman–Crippen MR) is 79.0 cm³/mol. The zero-order valence-corrected chi connectivity index (χ0v) is 12.5. The minimum atomic E-state index is 0.105. The van der Waals surface area contributed by atoms with Gasteiger partial charge in [0.2, 0.25) is 5.91 Å². The SMILES string of the molecule is O=C1CCc2cc(OCC3(CBr)CCC3)ccc2N1. The molecule has 0 saturated heterocycles. The summed E-state index contributed by atoms with van der Waals surface area (Å²) in [5.41, 5.74) is 2.45. The number of benzene rings is 1. The van der Waals surface area contributed by atoms with E-state index in [2.05, 4.69) is 27.3 Å². The molecule has 0 radical (unpaired) electrons. The van der Waals surface area contributed by atoms with Gasteiger partial charge in [0.05, 0.1) is 6.61 Å². The Labute approximate surface area is 121 Å². The standard InChI is InChI=1S/C15H18BrNO2/c16-9-15(6-1-7-15)10-19-12-3-4-13-11(8-12)2-5-14(18)17-13/h3-4,8H,1-2,5-7,9-10H2,(H,17,18). The van der Waals surface area contributed by atoms with Gasteiger partial charge < -0.3 is 10.1 Å². The Kier molecular flexibility index (Phi) is 3.52. The number of alkyl halides is 1. The highest BCUT2D eigenvalue weighted by Crippen LogP contribution is 2.42. The van der Waals surface area contributed by atoms with Gasteiger partial charge in [0.15, 0.2) is 0 Å². The van der Waals surface area contributed by atoms with Crippen LogP contribution in [0, 0.1) is 5.41 Å². The summed E-state index contributed by atoms with van der Waals surface area (Å²) in [6.07, 6.45) is 5.19. The maximum atomic E-state index is 11.3. The Bertz CT molecular complexity index is 491. The number of aryl methyl sites for hydroxylation is 1. The minimum Gasteiger partial charge on any atom is -0.493 e. The zero-order chi connectivity index (χ0) is 13.3. The molecule has 0 unspecified atom stereocenters. The molecule has 3 rings (SSSR count). The molecule has 102 valence electrons. The fourth-order valence-corrected chi connectivity index (χ4v) is 3.40. The molecule has 19 heavy (non-hydrogen) atoms. The third-order valence-corrected chi connectivity index (χ3v) is 5.40. The largest absolute Gasteiger partial charge is 0.493 e. The summed E-state index contributed by atoms with van der Waals surface area (Å²) in [5.74, 6) is 1.02. The van der Waals surface area contributed by atoms with Gasteiger partial charge in [-0.05, 0) is 43.0 Å². The van der Waals surface area contributed by atoms with Crippen LogP contribution in [0.2, 0.25) is 0 Å². The highest BCUT2D eigenvalue weighted by molar-refractivity contribution is 9.09. The van der Waals surface area contributed by atoms with E-state index in [1.807, 2.05) is 12.1 Å². The monoisotopic (exact) mass is 323 g/mol. The first-order chi connectivity index (χ1) is 9.21. The molecule has 3 nitrogen and oxygen atoms in total. The number of fused-ring (bicyclic) bond motifs is 1. The lowest BCUT2D eigenvalue weighted by molar-refractivity contribution is -0.116.